The van der Waals surface area contributed by atoms with Crippen molar-refractivity contribution in [1.29, 1.82) is 0 Å². The molecule has 0 bridgehead atoms. The van der Waals surface area contributed by atoms with E-state index in [-0.39, 0.29) is 11.5 Å². The molecule has 1 aromatic rings. The van der Waals surface area contributed by atoms with Crippen LogP contribution >= 0.6 is 11.6 Å². The van der Waals surface area contributed by atoms with Crippen LogP contribution in [0.2, 0.25) is 0 Å². The van der Waals surface area contributed by atoms with Gasteiger partial charge in [0, 0.05) is 12.1 Å². The molecule has 17 heavy (non-hydrogen) atoms. The van der Waals surface area contributed by atoms with Crippen LogP contribution in [0.3, 0.4) is 0 Å². The lowest BCUT2D eigenvalue weighted by Gasteiger charge is -2.10. The van der Waals surface area contributed by atoms with Gasteiger partial charge >= 0.3 is 0 Å². The predicted octanol–water partition coefficient (Wildman–Crippen LogP) is 3.43. The molecule has 0 aliphatic rings. The zero-order valence-electron chi connectivity index (χ0n) is 9.42. The second-order valence-corrected chi connectivity index (χ2v) is 4.06. The van der Waals surface area contributed by atoms with E-state index >= 15 is 0 Å². The number of halogens is 3. The van der Waals surface area contributed by atoms with Crippen molar-refractivity contribution in [3.63, 3.8) is 0 Å². The topological polar surface area (TPSA) is 29.1 Å². The summed E-state index contributed by atoms with van der Waals surface area (Å²) in [6.45, 7) is 2.48. The Morgan fingerprint density at radius 3 is 2.29 bits per heavy atom. The minimum atomic E-state index is -2.51. The van der Waals surface area contributed by atoms with Gasteiger partial charge < -0.3 is 5.32 Å². The summed E-state index contributed by atoms with van der Waals surface area (Å²) in [6.07, 6.45) is -1.69. The standard InChI is InChI=1S/C12H14ClF2NO/c1-2-7-16-12(17)10(13)8-3-5-9(6-4-8)11(14)15/h3-6,10-11H,2,7H2,1H3,(H,16,17). The summed E-state index contributed by atoms with van der Waals surface area (Å²) < 4.78 is 24.6. The van der Waals surface area contributed by atoms with Gasteiger partial charge in [-0.3, -0.25) is 4.79 Å². The zero-order valence-corrected chi connectivity index (χ0v) is 10.2. The molecule has 0 saturated carbocycles. The lowest BCUT2D eigenvalue weighted by atomic mass is 10.1. The van der Waals surface area contributed by atoms with Gasteiger partial charge in [-0.25, -0.2) is 8.78 Å². The van der Waals surface area contributed by atoms with Crippen molar-refractivity contribution in [2.75, 3.05) is 6.54 Å². The average molecular weight is 262 g/mol. The molecule has 0 fully saturated rings. The molecule has 0 aliphatic carbocycles. The Bertz CT molecular complexity index is 367. The quantitative estimate of drug-likeness (QED) is 0.809. The average Bonchev–Trinajstić information content (AvgIpc) is 2.35. The number of nitrogens with one attached hydrogen (secondary N) is 1. The number of carbonyl (C=O) groups excluding carboxylic acids is 1. The van der Waals surface area contributed by atoms with Crippen molar-refractivity contribution >= 4 is 17.5 Å². The summed E-state index contributed by atoms with van der Waals surface area (Å²) >= 11 is 5.92. The molecule has 1 N–H and O–H groups in total. The lowest BCUT2D eigenvalue weighted by Crippen LogP contribution is -2.27. The highest BCUT2D eigenvalue weighted by Crippen LogP contribution is 2.24. The second-order valence-electron chi connectivity index (χ2n) is 3.62. The van der Waals surface area contributed by atoms with E-state index in [9.17, 15) is 13.6 Å². The number of hydrogen-bond donors (Lipinski definition) is 1. The summed E-state index contributed by atoms with van der Waals surface area (Å²) in [7, 11) is 0. The number of hydrogen-bond acceptors (Lipinski definition) is 1. The fourth-order valence-corrected chi connectivity index (χ4v) is 1.52. The molecule has 0 radical (unpaired) electrons. The van der Waals surface area contributed by atoms with Crippen LogP contribution in [0.25, 0.3) is 0 Å². The Kier molecular flexibility index (Phi) is 5.35. The monoisotopic (exact) mass is 261 g/mol. The van der Waals surface area contributed by atoms with Crippen LogP contribution in [0, 0.1) is 0 Å². The number of carbonyl (C=O) groups is 1. The van der Waals surface area contributed by atoms with Gasteiger partial charge in [-0.2, -0.15) is 0 Å². The van der Waals surface area contributed by atoms with Crippen molar-refractivity contribution in [3.05, 3.63) is 35.4 Å². The molecule has 2 nitrogen and oxygen atoms in total. The Morgan fingerprint density at radius 2 is 1.82 bits per heavy atom. The van der Waals surface area contributed by atoms with Crippen LogP contribution in [0.5, 0.6) is 0 Å². The van der Waals surface area contributed by atoms with Crippen molar-refractivity contribution in [1.82, 2.24) is 5.32 Å². The molecule has 1 atom stereocenters. The minimum absolute atomic E-state index is 0.0772. The number of benzene rings is 1. The fraction of sp³-hybridized carbons (Fsp3) is 0.417. The second kappa shape index (κ2) is 6.55. The third kappa shape index (κ3) is 3.97. The van der Waals surface area contributed by atoms with E-state index in [4.69, 9.17) is 11.6 Å². The zero-order chi connectivity index (χ0) is 12.8. The van der Waals surface area contributed by atoms with Crippen molar-refractivity contribution in [2.24, 2.45) is 0 Å². The summed E-state index contributed by atoms with van der Waals surface area (Å²) in [6, 6.07) is 5.46. The summed E-state index contributed by atoms with van der Waals surface area (Å²) in [5, 5.41) is 1.81. The van der Waals surface area contributed by atoms with Crippen molar-refractivity contribution < 1.29 is 13.6 Å². The molecule has 1 aromatic carbocycles. The Morgan fingerprint density at radius 1 is 1.29 bits per heavy atom. The van der Waals surface area contributed by atoms with Crippen LogP contribution in [0.4, 0.5) is 8.78 Å². The first kappa shape index (κ1) is 13.9. The molecule has 0 heterocycles. The fourth-order valence-electron chi connectivity index (χ4n) is 1.30. The van der Waals surface area contributed by atoms with Gasteiger partial charge in [0.25, 0.3) is 6.43 Å². The highest BCUT2D eigenvalue weighted by molar-refractivity contribution is 6.30. The van der Waals surface area contributed by atoms with Gasteiger partial charge in [-0.1, -0.05) is 31.2 Å². The molecule has 1 amide bonds. The number of rotatable bonds is 5. The molecule has 0 aliphatic heterocycles. The molecule has 0 spiro atoms. The molecule has 1 unspecified atom stereocenters. The van der Waals surface area contributed by atoms with Crippen LogP contribution in [0.15, 0.2) is 24.3 Å². The SMILES string of the molecule is CCCNC(=O)C(Cl)c1ccc(C(F)F)cc1. The maximum absolute atomic E-state index is 12.3. The van der Waals surface area contributed by atoms with Crippen LogP contribution in [-0.4, -0.2) is 12.5 Å². The maximum atomic E-state index is 12.3. The first-order valence-corrected chi connectivity index (χ1v) is 5.79. The molecule has 5 heteroatoms. The third-order valence-corrected chi connectivity index (χ3v) is 2.71. The maximum Gasteiger partial charge on any atom is 0.263 e. The highest BCUT2D eigenvalue weighted by Gasteiger charge is 2.17. The van der Waals surface area contributed by atoms with Gasteiger partial charge in [0.05, 0.1) is 0 Å². The first-order valence-electron chi connectivity index (χ1n) is 5.36. The molecular formula is C12H14ClF2NO. The Labute approximate surface area is 104 Å². The minimum Gasteiger partial charge on any atom is -0.355 e. The van der Waals surface area contributed by atoms with E-state index in [0.717, 1.165) is 6.42 Å². The van der Waals surface area contributed by atoms with Crippen LogP contribution in [-0.2, 0) is 4.79 Å². The van der Waals surface area contributed by atoms with Gasteiger partial charge in [0.1, 0.15) is 5.38 Å². The van der Waals surface area contributed by atoms with Gasteiger partial charge in [0.2, 0.25) is 5.91 Å². The van der Waals surface area contributed by atoms with Crippen molar-refractivity contribution in [3.8, 4) is 0 Å². The molecular weight excluding hydrogens is 248 g/mol. The normalized spacial score (nSPS) is 12.5. The molecule has 0 aromatic heterocycles. The van der Waals surface area contributed by atoms with E-state index in [1.807, 2.05) is 6.92 Å². The van der Waals surface area contributed by atoms with E-state index in [0.29, 0.717) is 12.1 Å². The third-order valence-electron chi connectivity index (χ3n) is 2.26. The summed E-state index contributed by atoms with van der Waals surface area (Å²) in [4.78, 5) is 11.5. The number of alkyl halides is 3. The van der Waals surface area contributed by atoms with E-state index < -0.39 is 11.8 Å². The summed E-state index contributed by atoms with van der Waals surface area (Å²) in [5.74, 6) is -0.307. The largest absolute Gasteiger partial charge is 0.355 e. The predicted molar refractivity (Wildman–Crippen MR) is 63.3 cm³/mol. The summed E-state index contributed by atoms with van der Waals surface area (Å²) in [5.41, 5.74) is 0.441. The van der Waals surface area contributed by atoms with Gasteiger partial charge in [-0.05, 0) is 12.0 Å². The van der Waals surface area contributed by atoms with Crippen LogP contribution in [0.1, 0.15) is 36.3 Å². The van der Waals surface area contributed by atoms with E-state index in [2.05, 4.69) is 5.32 Å². The van der Waals surface area contributed by atoms with Crippen LogP contribution < -0.4 is 5.32 Å². The van der Waals surface area contributed by atoms with E-state index in [1.165, 1.54) is 24.3 Å². The first-order chi connectivity index (χ1) is 8.06. The Hall–Kier alpha value is -1.16. The molecule has 1 rings (SSSR count). The lowest BCUT2D eigenvalue weighted by molar-refractivity contribution is -0.120. The van der Waals surface area contributed by atoms with E-state index in [1.54, 1.807) is 0 Å². The van der Waals surface area contributed by atoms with Gasteiger partial charge in [-0.15, -0.1) is 11.6 Å². The number of amides is 1. The van der Waals surface area contributed by atoms with Gasteiger partial charge in [0.15, 0.2) is 0 Å². The molecule has 94 valence electrons. The Balaban J connectivity index is 2.69. The highest BCUT2D eigenvalue weighted by atomic mass is 35.5. The van der Waals surface area contributed by atoms with Crippen molar-refractivity contribution in [2.45, 2.75) is 25.1 Å². The smallest absolute Gasteiger partial charge is 0.263 e. The molecule has 0 saturated heterocycles.